The third kappa shape index (κ3) is 4.70. The van der Waals surface area contributed by atoms with Crippen molar-refractivity contribution in [2.75, 3.05) is 5.75 Å². The number of benzene rings is 1. The number of thioether (sulfide) groups is 1. The van der Waals surface area contributed by atoms with E-state index in [1.807, 2.05) is 30.8 Å². The lowest BCUT2D eigenvalue weighted by Gasteiger charge is -2.23. The van der Waals surface area contributed by atoms with Crippen LogP contribution in [0.1, 0.15) is 39.4 Å². The van der Waals surface area contributed by atoms with Crippen LogP contribution in [-0.4, -0.2) is 22.9 Å². The Hall–Kier alpha value is -0.510. The second-order valence-electron chi connectivity index (χ2n) is 4.56. The van der Waals surface area contributed by atoms with Crippen molar-refractivity contribution in [3.63, 3.8) is 0 Å². The minimum absolute atomic E-state index is 0.0691. The van der Waals surface area contributed by atoms with Gasteiger partial charge in [-0.15, -0.1) is 11.8 Å². The summed E-state index contributed by atoms with van der Waals surface area (Å²) in [7, 11) is 0. The van der Waals surface area contributed by atoms with Gasteiger partial charge in [-0.25, -0.2) is 0 Å². The molecule has 0 saturated heterocycles. The summed E-state index contributed by atoms with van der Waals surface area (Å²) in [6, 6.07) is 8.64. The number of hydrogen-bond acceptors (Lipinski definition) is 3. The quantitative estimate of drug-likeness (QED) is 0.764. The van der Waals surface area contributed by atoms with Crippen LogP contribution in [0, 0.1) is 0 Å². The molecule has 0 saturated carbocycles. The lowest BCUT2D eigenvalue weighted by Crippen LogP contribution is -2.36. The molecular weight excluding hydrogens is 230 g/mol. The Kier molecular flexibility index (Phi) is 6.03. The van der Waals surface area contributed by atoms with E-state index in [1.165, 1.54) is 4.90 Å². The van der Waals surface area contributed by atoms with E-state index in [0.29, 0.717) is 6.04 Å². The first-order chi connectivity index (χ1) is 8.04. The topological polar surface area (TPSA) is 32.3 Å². The summed E-state index contributed by atoms with van der Waals surface area (Å²) >= 11 is 1.82. The van der Waals surface area contributed by atoms with E-state index in [2.05, 4.69) is 38.2 Å². The van der Waals surface area contributed by atoms with Crippen LogP contribution in [0.3, 0.4) is 0 Å². The Labute approximate surface area is 109 Å². The highest BCUT2D eigenvalue weighted by Crippen LogP contribution is 2.22. The van der Waals surface area contributed by atoms with Crippen LogP contribution in [0.5, 0.6) is 0 Å². The van der Waals surface area contributed by atoms with Crippen LogP contribution in [0.2, 0.25) is 0 Å². The fourth-order valence-electron chi connectivity index (χ4n) is 1.83. The van der Waals surface area contributed by atoms with E-state index in [1.54, 1.807) is 0 Å². The Morgan fingerprint density at radius 2 is 1.76 bits per heavy atom. The van der Waals surface area contributed by atoms with Gasteiger partial charge < -0.3 is 10.4 Å². The van der Waals surface area contributed by atoms with Crippen molar-refractivity contribution in [2.45, 2.75) is 50.8 Å². The first-order valence-electron chi connectivity index (χ1n) is 6.21. The van der Waals surface area contributed by atoms with E-state index in [0.717, 1.165) is 11.3 Å². The van der Waals surface area contributed by atoms with Gasteiger partial charge in [0.1, 0.15) is 0 Å². The molecule has 1 aromatic rings. The third-order valence-electron chi connectivity index (χ3n) is 2.60. The summed E-state index contributed by atoms with van der Waals surface area (Å²) in [6.07, 6.45) is -0.446. The van der Waals surface area contributed by atoms with E-state index < -0.39 is 6.10 Å². The van der Waals surface area contributed by atoms with Crippen LogP contribution < -0.4 is 5.32 Å². The average Bonchev–Trinajstić information content (AvgIpc) is 2.28. The van der Waals surface area contributed by atoms with Gasteiger partial charge in [0.2, 0.25) is 0 Å². The Bertz CT molecular complexity index is 323. The van der Waals surface area contributed by atoms with E-state index in [4.69, 9.17) is 0 Å². The molecule has 0 heterocycles. The summed E-state index contributed by atoms with van der Waals surface area (Å²) in [5, 5.41) is 13.5. The standard InChI is InChI=1S/C14H23NOS/c1-5-17-13-8-6-12(7-9-13)14(16)11(4)15-10(2)3/h6-11,14-16H,5H2,1-4H3. The van der Waals surface area contributed by atoms with E-state index in [-0.39, 0.29) is 6.04 Å². The van der Waals surface area contributed by atoms with Gasteiger partial charge in [-0.1, -0.05) is 32.9 Å². The lowest BCUT2D eigenvalue weighted by molar-refractivity contribution is 0.131. The molecule has 0 amide bonds. The van der Waals surface area contributed by atoms with Crippen LogP contribution in [0.4, 0.5) is 0 Å². The molecule has 0 spiro atoms. The molecule has 2 nitrogen and oxygen atoms in total. The monoisotopic (exact) mass is 253 g/mol. The molecule has 0 aliphatic rings. The van der Waals surface area contributed by atoms with Gasteiger partial charge in [0.25, 0.3) is 0 Å². The third-order valence-corrected chi connectivity index (χ3v) is 3.50. The van der Waals surface area contributed by atoms with Gasteiger partial charge in [0, 0.05) is 17.0 Å². The van der Waals surface area contributed by atoms with Crippen molar-refractivity contribution in [3.8, 4) is 0 Å². The smallest absolute Gasteiger partial charge is 0.0940 e. The molecule has 0 aliphatic carbocycles. The summed E-state index contributed by atoms with van der Waals surface area (Å²) in [5.74, 6) is 1.08. The maximum atomic E-state index is 10.2. The van der Waals surface area contributed by atoms with Crippen molar-refractivity contribution in [1.29, 1.82) is 0 Å². The van der Waals surface area contributed by atoms with Gasteiger partial charge in [0.05, 0.1) is 6.10 Å². The fraction of sp³-hybridized carbons (Fsp3) is 0.571. The molecule has 0 aromatic heterocycles. The van der Waals surface area contributed by atoms with Crippen LogP contribution in [-0.2, 0) is 0 Å². The number of aliphatic hydroxyl groups excluding tert-OH is 1. The van der Waals surface area contributed by atoms with Crippen molar-refractivity contribution >= 4 is 11.8 Å². The van der Waals surface area contributed by atoms with Gasteiger partial charge in [-0.3, -0.25) is 0 Å². The van der Waals surface area contributed by atoms with Crippen molar-refractivity contribution in [1.82, 2.24) is 5.32 Å². The molecule has 2 N–H and O–H groups in total. The second-order valence-corrected chi connectivity index (χ2v) is 5.89. The highest BCUT2D eigenvalue weighted by molar-refractivity contribution is 7.99. The van der Waals surface area contributed by atoms with Crippen molar-refractivity contribution in [3.05, 3.63) is 29.8 Å². The fourth-order valence-corrected chi connectivity index (χ4v) is 2.50. The molecular formula is C14H23NOS. The Morgan fingerprint density at radius 3 is 2.24 bits per heavy atom. The number of hydrogen-bond donors (Lipinski definition) is 2. The number of aliphatic hydroxyl groups is 1. The van der Waals surface area contributed by atoms with Gasteiger partial charge in [-0.2, -0.15) is 0 Å². The molecule has 2 atom stereocenters. The summed E-state index contributed by atoms with van der Waals surface area (Å²) in [4.78, 5) is 1.26. The predicted octanol–water partition coefficient (Wildman–Crippen LogP) is 3.22. The highest BCUT2D eigenvalue weighted by Gasteiger charge is 2.16. The number of rotatable bonds is 6. The first-order valence-corrected chi connectivity index (χ1v) is 7.20. The summed E-state index contributed by atoms with van der Waals surface area (Å²) in [6.45, 7) is 8.33. The van der Waals surface area contributed by atoms with E-state index >= 15 is 0 Å². The Balaban J connectivity index is 2.65. The Morgan fingerprint density at radius 1 is 1.18 bits per heavy atom. The lowest BCUT2D eigenvalue weighted by atomic mass is 10.0. The van der Waals surface area contributed by atoms with Crippen molar-refractivity contribution in [2.24, 2.45) is 0 Å². The molecule has 3 heteroatoms. The summed E-state index contributed by atoms with van der Waals surface area (Å²) in [5.41, 5.74) is 0.978. The first kappa shape index (κ1) is 14.6. The highest BCUT2D eigenvalue weighted by atomic mass is 32.2. The minimum atomic E-state index is -0.446. The molecule has 0 aliphatic heterocycles. The van der Waals surface area contributed by atoms with Crippen LogP contribution in [0.25, 0.3) is 0 Å². The van der Waals surface area contributed by atoms with E-state index in [9.17, 15) is 5.11 Å². The maximum absolute atomic E-state index is 10.2. The number of nitrogens with one attached hydrogen (secondary N) is 1. The SMILES string of the molecule is CCSc1ccc(C(O)C(C)NC(C)C)cc1. The molecule has 96 valence electrons. The molecule has 1 aromatic carbocycles. The molecule has 0 bridgehead atoms. The average molecular weight is 253 g/mol. The molecule has 2 unspecified atom stereocenters. The second kappa shape index (κ2) is 7.04. The zero-order valence-electron chi connectivity index (χ0n) is 11.1. The molecule has 1 rings (SSSR count). The minimum Gasteiger partial charge on any atom is -0.387 e. The van der Waals surface area contributed by atoms with Crippen LogP contribution in [0.15, 0.2) is 29.2 Å². The zero-order valence-corrected chi connectivity index (χ0v) is 11.9. The van der Waals surface area contributed by atoms with Gasteiger partial charge >= 0.3 is 0 Å². The van der Waals surface area contributed by atoms with Crippen molar-refractivity contribution < 1.29 is 5.11 Å². The zero-order chi connectivity index (χ0) is 12.8. The van der Waals surface area contributed by atoms with Crippen LogP contribution >= 0.6 is 11.8 Å². The molecule has 0 radical (unpaired) electrons. The maximum Gasteiger partial charge on any atom is 0.0940 e. The molecule has 17 heavy (non-hydrogen) atoms. The normalized spacial score (nSPS) is 14.9. The predicted molar refractivity (Wildman–Crippen MR) is 75.5 cm³/mol. The largest absolute Gasteiger partial charge is 0.387 e. The van der Waals surface area contributed by atoms with Gasteiger partial charge in [0.15, 0.2) is 0 Å². The summed E-state index contributed by atoms with van der Waals surface area (Å²) < 4.78 is 0. The van der Waals surface area contributed by atoms with Gasteiger partial charge in [-0.05, 0) is 30.4 Å². The molecule has 0 fully saturated rings.